The van der Waals surface area contributed by atoms with Crippen LogP contribution in [-0.2, 0) is 9.53 Å². The zero-order valence-corrected chi connectivity index (χ0v) is 11.3. The van der Waals surface area contributed by atoms with Crippen molar-refractivity contribution in [2.75, 3.05) is 20.8 Å². The van der Waals surface area contributed by atoms with E-state index in [4.69, 9.17) is 14.2 Å². The zero-order chi connectivity index (χ0) is 14.6. The Bertz CT molecular complexity index is 473. The van der Waals surface area contributed by atoms with E-state index in [9.17, 15) is 14.3 Å². The van der Waals surface area contributed by atoms with E-state index in [1.165, 1.54) is 14.2 Å². The molecule has 0 bridgehead atoms. The van der Waals surface area contributed by atoms with Crippen LogP contribution < -0.4 is 9.47 Å². The summed E-state index contributed by atoms with van der Waals surface area (Å²) in [6.45, 7) is 3.34. The number of hydrogen-bond acceptors (Lipinski definition) is 5. The maximum Gasteiger partial charge on any atom is 0.339 e. The van der Waals surface area contributed by atoms with Crippen molar-refractivity contribution in [3.8, 4) is 11.5 Å². The Labute approximate surface area is 110 Å². The average molecular weight is 272 g/mol. The molecule has 5 nitrogen and oxygen atoms in total. The molecule has 1 rings (SSSR count). The van der Waals surface area contributed by atoms with Gasteiger partial charge in [-0.25, -0.2) is 9.18 Å². The molecule has 0 spiro atoms. The summed E-state index contributed by atoms with van der Waals surface area (Å²) in [5.41, 5.74) is 0.509. The van der Waals surface area contributed by atoms with Gasteiger partial charge in [0.25, 0.3) is 0 Å². The van der Waals surface area contributed by atoms with Gasteiger partial charge in [0.15, 0.2) is 23.4 Å². The first-order valence-electron chi connectivity index (χ1n) is 5.73. The Morgan fingerprint density at radius 2 is 1.95 bits per heavy atom. The minimum atomic E-state index is -1.56. The molecular formula is C13H17FO5. The molecule has 1 atom stereocenters. The van der Waals surface area contributed by atoms with Crippen molar-refractivity contribution in [2.24, 2.45) is 0 Å². The lowest BCUT2D eigenvalue weighted by atomic mass is 10.0. The van der Waals surface area contributed by atoms with Gasteiger partial charge in [0.2, 0.25) is 0 Å². The maximum atomic E-state index is 13.8. The Morgan fingerprint density at radius 1 is 1.37 bits per heavy atom. The maximum absolute atomic E-state index is 13.8. The zero-order valence-electron chi connectivity index (χ0n) is 11.3. The molecule has 0 saturated carbocycles. The van der Waals surface area contributed by atoms with Crippen LogP contribution in [0.2, 0.25) is 0 Å². The van der Waals surface area contributed by atoms with Crippen molar-refractivity contribution in [3.05, 3.63) is 23.0 Å². The highest BCUT2D eigenvalue weighted by Gasteiger charge is 2.26. The Hall–Kier alpha value is -1.82. The first-order chi connectivity index (χ1) is 8.97. The summed E-state index contributed by atoms with van der Waals surface area (Å²) in [4.78, 5) is 11.5. The quantitative estimate of drug-likeness (QED) is 0.827. The third-order valence-electron chi connectivity index (χ3n) is 2.69. The number of methoxy groups -OCH3 is 2. The third kappa shape index (κ3) is 2.96. The van der Waals surface area contributed by atoms with Gasteiger partial charge >= 0.3 is 5.97 Å². The minimum absolute atomic E-state index is 0.0696. The van der Waals surface area contributed by atoms with E-state index in [0.717, 1.165) is 6.07 Å². The number of esters is 1. The first kappa shape index (κ1) is 15.2. The van der Waals surface area contributed by atoms with E-state index in [-0.39, 0.29) is 23.7 Å². The average Bonchev–Trinajstić information content (AvgIpc) is 2.39. The summed E-state index contributed by atoms with van der Waals surface area (Å²) in [6, 6.07) is 1.04. The number of ether oxygens (including phenoxy) is 3. The predicted octanol–water partition coefficient (Wildman–Crippen LogP) is 1.75. The van der Waals surface area contributed by atoms with Crippen LogP contribution in [0.25, 0.3) is 0 Å². The largest absolute Gasteiger partial charge is 0.492 e. The molecule has 0 fully saturated rings. The van der Waals surface area contributed by atoms with Gasteiger partial charge in [-0.1, -0.05) is 0 Å². The van der Waals surface area contributed by atoms with Gasteiger partial charge in [-0.15, -0.1) is 0 Å². The van der Waals surface area contributed by atoms with Crippen LogP contribution in [0, 0.1) is 12.7 Å². The molecule has 1 aromatic carbocycles. The molecule has 0 aromatic heterocycles. The van der Waals surface area contributed by atoms with Gasteiger partial charge in [0, 0.05) is 11.1 Å². The minimum Gasteiger partial charge on any atom is -0.492 e. The molecule has 0 aliphatic rings. The Balaban J connectivity index is 3.30. The molecule has 19 heavy (non-hydrogen) atoms. The van der Waals surface area contributed by atoms with Crippen molar-refractivity contribution < 1.29 is 28.5 Å². The van der Waals surface area contributed by atoms with Crippen LogP contribution in [0.3, 0.4) is 0 Å². The third-order valence-corrected chi connectivity index (χ3v) is 2.69. The van der Waals surface area contributed by atoms with Crippen LogP contribution >= 0.6 is 0 Å². The molecule has 0 aliphatic carbocycles. The van der Waals surface area contributed by atoms with Crippen LogP contribution in [0.15, 0.2) is 6.07 Å². The number of aliphatic hydroxyl groups excluding tert-OH is 1. The lowest BCUT2D eigenvalue weighted by Crippen LogP contribution is -2.17. The summed E-state index contributed by atoms with van der Waals surface area (Å²) < 4.78 is 28.5. The fourth-order valence-electron chi connectivity index (χ4n) is 1.79. The van der Waals surface area contributed by atoms with Gasteiger partial charge < -0.3 is 19.3 Å². The molecule has 0 aliphatic heterocycles. The number of rotatable bonds is 5. The van der Waals surface area contributed by atoms with E-state index in [1.807, 2.05) is 0 Å². The summed E-state index contributed by atoms with van der Waals surface area (Å²) in [5.74, 6) is -1.49. The number of carbonyl (C=O) groups excluding carboxylic acids is 1. The Kier molecular flexibility index (Phi) is 5.11. The lowest BCUT2D eigenvalue weighted by Gasteiger charge is -2.17. The van der Waals surface area contributed by atoms with Crippen LogP contribution in [0.4, 0.5) is 4.39 Å². The van der Waals surface area contributed by atoms with Crippen molar-refractivity contribution >= 4 is 5.97 Å². The molecule has 1 aromatic rings. The summed E-state index contributed by atoms with van der Waals surface area (Å²) in [6.07, 6.45) is -1.56. The molecule has 0 amide bonds. The van der Waals surface area contributed by atoms with Crippen LogP contribution in [-0.4, -0.2) is 31.9 Å². The molecule has 0 saturated heterocycles. The highest BCUT2D eigenvalue weighted by atomic mass is 19.1. The summed E-state index contributed by atoms with van der Waals surface area (Å²) >= 11 is 0. The number of halogens is 1. The standard InChI is InChI=1S/C13H17FO5/c1-5-19-13(16)10(15)8-6-9(14)12(18-4)11(17-3)7(8)2/h6,10,15H,5H2,1-4H3. The number of carbonyl (C=O) groups is 1. The number of benzene rings is 1. The normalized spacial score (nSPS) is 11.9. The molecule has 1 N–H and O–H groups in total. The van der Waals surface area contributed by atoms with E-state index >= 15 is 0 Å². The van der Waals surface area contributed by atoms with Crippen molar-refractivity contribution in [1.82, 2.24) is 0 Å². The second-order valence-corrected chi connectivity index (χ2v) is 3.79. The monoisotopic (exact) mass is 272 g/mol. The highest BCUT2D eigenvalue weighted by Crippen LogP contribution is 2.38. The van der Waals surface area contributed by atoms with Gasteiger partial charge in [-0.05, 0) is 19.9 Å². The van der Waals surface area contributed by atoms with Gasteiger partial charge in [-0.3, -0.25) is 0 Å². The van der Waals surface area contributed by atoms with Gasteiger partial charge in [0.1, 0.15) is 0 Å². The van der Waals surface area contributed by atoms with Gasteiger partial charge in [0.05, 0.1) is 20.8 Å². The van der Waals surface area contributed by atoms with E-state index in [1.54, 1.807) is 13.8 Å². The van der Waals surface area contributed by atoms with E-state index < -0.39 is 17.9 Å². The summed E-state index contributed by atoms with van der Waals surface area (Å²) in [5, 5.41) is 9.87. The topological polar surface area (TPSA) is 65.0 Å². The highest BCUT2D eigenvalue weighted by molar-refractivity contribution is 5.77. The van der Waals surface area contributed by atoms with Crippen LogP contribution in [0.5, 0.6) is 11.5 Å². The number of hydrogen-bond donors (Lipinski definition) is 1. The van der Waals surface area contributed by atoms with E-state index in [0.29, 0.717) is 5.56 Å². The SMILES string of the molecule is CCOC(=O)C(O)c1cc(F)c(OC)c(OC)c1C. The molecular weight excluding hydrogens is 255 g/mol. The molecule has 0 heterocycles. The number of aliphatic hydroxyl groups is 1. The molecule has 1 unspecified atom stereocenters. The Morgan fingerprint density at radius 3 is 2.42 bits per heavy atom. The molecule has 106 valence electrons. The van der Waals surface area contributed by atoms with Crippen LogP contribution in [0.1, 0.15) is 24.2 Å². The fraction of sp³-hybridized carbons (Fsp3) is 0.462. The van der Waals surface area contributed by atoms with Crippen molar-refractivity contribution in [1.29, 1.82) is 0 Å². The van der Waals surface area contributed by atoms with E-state index in [2.05, 4.69) is 0 Å². The first-order valence-corrected chi connectivity index (χ1v) is 5.73. The summed E-state index contributed by atoms with van der Waals surface area (Å²) in [7, 11) is 2.66. The molecule has 0 radical (unpaired) electrons. The van der Waals surface area contributed by atoms with Crippen molar-refractivity contribution in [3.63, 3.8) is 0 Å². The molecule has 6 heteroatoms. The second kappa shape index (κ2) is 6.38. The second-order valence-electron chi connectivity index (χ2n) is 3.79. The van der Waals surface area contributed by atoms with Crippen molar-refractivity contribution in [2.45, 2.75) is 20.0 Å². The lowest BCUT2D eigenvalue weighted by molar-refractivity contribution is -0.153. The van der Waals surface area contributed by atoms with Gasteiger partial charge in [-0.2, -0.15) is 0 Å². The smallest absolute Gasteiger partial charge is 0.339 e. The predicted molar refractivity (Wildman–Crippen MR) is 65.8 cm³/mol. The fourth-order valence-corrected chi connectivity index (χ4v) is 1.79.